The highest BCUT2D eigenvalue weighted by Gasteiger charge is 2.43. The molecule has 2 aromatic rings. The normalized spacial score (nSPS) is 20.1. The summed E-state index contributed by atoms with van der Waals surface area (Å²) in [6.45, 7) is 1.64. The number of para-hydroxylation sites is 1. The van der Waals surface area contributed by atoms with Gasteiger partial charge in [-0.2, -0.15) is 16.9 Å². The number of hydrogen-bond acceptors (Lipinski definition) is 4. The second-order valence-corrected chi connectivity index (χ2v) is 6.76. The van der Waals surface area contributed by atoms with Crippen molar-refractivity contribution in [3.63, 3.8) is 0 Å². The fourth-order valence-corrected chi connectivity index (χ4v) is 3.99. The van der Waals surface area contributed by atoms with Crippen LogP contribution < -0.4 is 5.32 Å². The molecular formula is C16H16FN3O3S. The summed E-state index contributed by atoms with van der Waals surface area (Å²) in [4.78, 5) is 24.1. The van der Waals surface area contributed by atoms with Gasteiger partial charge in [0.2, 0.25) is 0 Å². The van der Waals surface area contributed by atoms with Gasteiger partial charge in [0.05, 0.1) is 17.5 Å². The lowest BCUT2D eigenvalue weighted by atomic mass is 9.98. The summed E-state index contributed by atoms with van der Waals surface area (Å²) < 4.78 is 15.3. The van der Waals surface area contributed by atoms with E-state index >= 15 is 0 Å². The number of thioether (sulfide) groups is 1. The maximum absolute atomic E-state index is 13.9. The fraction of sp³-hybridized carbons (Fsp3) is 0.312. The van der Waals surface area contributed by atoms with Gasteiger partial charge >= 0.3 is 5.97 Å². The summed E-state index contributed by atoms with van der Waals surface area (Å²) in [7, 11) is 0. The van der Waals surface area contributed by atoms with E-state index in [0.29, 0.717) is 23.6 Å². The van der Waals surface area contributed by atoms with Gasteiger partial charge in [0.25, 0.3) is 5.91 Å². The number of carboxylic acids is 1. The number of hydrogen-bond donors (Lipinski definition) is 2. The molecule has 0 spiro atoms. The molecule has 1 saturated heterocycles. The summed E-state index contributed by atoms with van der Waals surface area (Å²) in [5, 5.41) is 16.1. The van der Waals surface area contributed by atoms with E-state index in [2.05, 4.69) is 10.4 Å². The highest BCUT2D eigenvalue weighted by atomic mass is 32.2. The van der Waals surface area contributed by atoms with E-state index in [9.17, 15) is 19.1 Å². The SMILES string of the molecule is Cc1c(C(=O)NC2(C(=O)O)CCSC2)cnn1-c1ccccc1F. The summed E-state index contributed by atoms with van der Waals surface area (Å²) in [5.74, 6) is -1.00. The third kappa shape index (κ3) is 2.77. The van der Waals surface area contributed by atoms with Crippen LogP contribution in [-0.2, 0) is 4.79 Å². The lowest BCUT2D eigenvalue weighted by molar-refractivity contribution is -0.143. The Labute approximate surface area is 142 Å². The number of amides is 1. The molecule has 2 N–H and O–H groups in total. The molecule has 1 fully saturated rings. The summed E-state index contributed by atoms with van der Waals surface area (Å²) in [6, 6.07) is 6.11. The molecule has 0 bridgehead atoms. The van der Waals surface area contributed by atoms with E-state index < -0.39 is 23.2 Å². The van der Waals surface area contributed by atoms with Crippen molar-refractivity contribution < 1.29 is 19.1 Å². The number of nitrogens with one attached hydrogen (secondary N) is 1. The third-order valence-corrected chi connectivity index (χ3v) is 5.31. The van der Waals surface area contributed by atoms with Crippen molar-refractivity contribution >= 4 is 23.6 Å². The van der Waals surface area contributed by atoms with Gasteiger partial charge in [-0.05, 0) is 31.2 Å². The molecule has 24 heavy (non-hydrogen) atoms. The predicted octanol–water partition coefficient (Wildman–Crippen LogP) is 2.01. The summed E-state index contributed by atoms with van der Waals surface area (Å²) in [6.07, 6.45) is 1.70. The van der Waals surface area contributed by atoms with Crippen molar-refractivity contribution in [2.24, 2.45) is 0 Å². The molecule has 1 amide bonds. The first kappa shape index (κ1) is 16.5. The van der Waals surface area contributed by atoms with Crippen LogP contribution in [0.5, 0.6) is 0 Å². The molecule has 0 saturated carbocycles. The number of carbonyl (C=O) groups excluding carboxylic acids is 1. The molecule has 3 rings (SSSR count). The second kappa shape index (κ2) is 6.27. The van der Waals surface area contributed by atoms with E-state index in [-0.39, 0.29) is 11.3 Å². The second-order valence-electron chi connectivity index (χ2n) is 5.65. The van der Waals surface area contributed by atoms with Crippen molar-refractivity contribution in [1.82, 2.24) is 15.1 Å². The average molecular weight is 349 g/mol. The van der Waals surface area contributed by atoms with E-state index in [1.54, 1.807) is 25.1 Å². The molecular weight excluding hydrogens is 333 g/mol. The monoisotopic (exact) mass is 349 g/mol. The summed E-state index contributed by atoms with van der Waals surface area (Å²) in [5.41, 5.74) is -0.341. The molecule has 6 nitrogen and oxygen atoms in total. The van der Waals surface area contributed by atoms with Crippen LogP contribution in [0.15, 0.2) is 30.5 Å². The first-order chi connectivity index (χ1) is 11.4. The molecule has 1 aromatic carbocycles. The number of benzene rings is 1. The van der Waals surface area contributed by atoms with Gasteiger partial charge in [0.15, 0.2) is 0 Å². The lowest BCUT2D eigenvalue weighted by Gasteiger charge is -2.24. The molecule has 126 valence electrons. The maximum Gasteiger partial charge on any atom is 0.330 e. The molecule has 0 aliphatic carbocycles. The number of halogens is 1. The van der Waals surface area contributed by atoms with Crippen molar-refractivity contribution in [3.05, 3.63) is 47.5 Å². The molecule has 1 unspecified atom stereocenters. The molecule has 1 aliphatic heterocycles. The molecule has 1 aromatic heterocycles. The zero-order valence-electron chi connectivity index (χ0n) is 13.0. The van der Waals surface area contributed by atoms with Crippen LogP contribution in [0.4, 0.5) is 4.39 Å². The van der Waals surface area contributed by atoms with Crippen LogP contribution in [-0.4, -0.2) is 43.8 Å². The van der Waals surface area contributed by atoms with Gasteiger partial charge in [0.1, 0.15) is 17.0 Å². The van der Waals surface area contributed by atoms with Crippen LogP contribution in [0.3, 0.4) is 0 Å². The molecule has 2 heterocycles. The Morgan fingerprint density at radius 3 is 2.79 bits per heavy atom. The quantitative estimate of drug-likeness (QED) is 0.882. The lowest BCUT2D eigenvalue weighted by Crippen LogP contribution is -2.54. The van der Waals surface area contributed by atoms with Crippen molar-refractivity contribution in [1.29, 1.82) is 0 Å². The minimum atomic E-state index is -1.26. The molecule has 1 aliphatic rings. The average Bonchev–Trinajstić information content (AvgIpc) is 3.16. The number of aromatic nitrogens is 2. The number of nitrogens with zero attached hydrogens (tertiary/aromatic N) is 2. The highest BCUT2D eigenvalue weighted by molar-refractivity contribution is 7.99. The van der Waals surface area contributed by atoms with Crippen molar-refractivity contribution in [2.45, 2.75) is 18.9 Å². The molecule has 1 atom stereocenters. The largest absolute Gasteiger partial charge is 0.479 e. The summed E-state index contributed by atoms with van der Waals surface area (Å²) >= 11 is 1.49. The van der Waals surface area contributed by atoms with Crippen LogP contribution >= 0.6 is 11.8 Å². The number of carboxylic acid groups (broad SMARTS) is 1. The number of aliphatic carboxylic acids is 1. The topological polar surface area (TPSA) is 84.2 Å². The van der Waals surface area contributed by atoms with E-state index in [0.717, 1.165) is 0 Å². The predicted molar refractivity (Wildman–Crippen MR) is 88.0 cm³/mol. The van der Waals surface area contributed by atoms with Gasteiger partial charge in [-0.1, -0.05) is 12.1 Å². The van der Waals surface area contributed by atoms with E-state index in [4.69, 9.17) is 0 Å². The Morgan fingerprint density at radius 1 is 1.42 bits per heavy atom. The van der Waals surface area contributed by atoms with E-state index in [1.165, 1.54) is 28.7 Å². The van der Waals surface area contributed by atoms with Crippen molar-refractivity contribution in [2.75, 3.05) is 11.5 Å². The first-order valence-electron chi connectivity index (χ1n) is 7.38. The van der Waals surface area contributed by atoms with Crippen LogP contribution in [0, 0.1) is 12.7 Å². The smallest absolute Gasteiger partial charge is 0.330 e. The van der Waals surface area contributed by atoms with Gasteiger partial charge in [-0.15, -0.1) is 0 Å². The van der Waals surface area contributed by atoms with Crippen LogP contribution in [0.25, 0.3) is 5.69 Å². The van der Waals surface area contributed by atoms with Gasteiger partial charge < -0.3 is 10.4 Å². The Morgan fingerprint density at radius 2 is 2.17 bits per heavy atom. The Hall–Kier alpha value is -2.35. The molecule has 8 heteroatoms. The maximum atomic E-state index is 13.9. The van der Waals surface area contributed by atoms with Gasteiger partial charge in [-0.25, -0.2) is 13.9 Å². The fourth-order valence-electron chi connectivity index (χ4n) is 2.67. The van der Waals surface area contributed by atoms with E-state index in [1.807, 2.05) is 0 Å². The van der Waals surface area contributed by atoms with Crippen LogP contribution in [0.2, 0.25) is 0 Å². The minimum Gasteiger partial charge on any atom is -0.479 e. The zero-order chi connectivity index (χ0) is 17.3. The molecule has 0 radical (unpaired) electrons. The Bertz CT molecular complexity index is 800. The number of carbonyl (C=O) groups is 2. The third-order valence-electron chi connectivity index (χ3n) is 4.12. The van der Waals surface area contributed by atoms with Gasteiger partial charge in [0, 0.05) is 5.75 Å². The van der Waals surface area contributed by atoms with Crippen LogP contribution in [0.1, 0.15) is 22.5 Å². The minimum absolute atomic E-state index is 0.232. The van der Waals surface area contributed by atoms with Crippen molar-refractivity contribution in [3.8, 4) is 5.69 Å². The Kier molecular flexibility index (Phi) is 4.31. The highest BCUT2D eigenvalue weighted by Crippen LogP contribution is 2.29. The first-order valence-corrected chi connectivity index (χ1v) is 8.53. The standard InChI is InChI=1S/C16H16FN3O3S/c1-10-11(8-18-20(10)13-5-3-2-4-12(13)17)14(21)19-16(15(22)23)6-7-24-9-16/h2-5,8H,6-7,9H2,1H3,(H,19,21)(H,22,23). The number of rotatable bonds is 4. The zero-order valence-corrected chi connectivity index (χ0v) is 13.8. The Balaban J connectivity index is 1.90. The van der Waals surface area contributed by atoms with Gasteiger partial charge in [-0.3, -0.25) is 4.79 Å².